The molecule has 4 N–H and O–H groups in total. The molecule has 0 aliphatic heterocycles. The zero-order chi connectivity index (χ0) is 29.9. The van der Waals surface area contributed by atoms with Gasteiger partial charge in [-0.1, -0.05) is 76.9 Å². The number of carbonyl (C=O) groups is 4. The van der Waals surface area contributed by atoms with Crippen LogP contribution in [0.3, 0.4) is 0 Å². The molecule has 3 amide bonds. The number of aryl methyl sites for hydroxylation is 1. The lowest BCUT2D eigenvalue weighted by Gasteiger charge is -2.31. The smallest absolute Gasteiger partial charge is 0.306 e. The van der Waals surface area contributed by atoms with Crippen molar-refractivity contribution in [2.24, 2.45) is 17.3 Å². The minimum atomic E-state index is -0.892. The standard InChI is InChI=1S/C32H45N3O5/c1-7-8-9-26(31(39)40)20-25(29(37)35-27(30(38)34-6)32(2,3)4)15-12-21-10-13-22(14-11-21)23-16-18-24(19-17-23)28(36)33-5/h10-11,13-14,16-19,25-27H,7-9,12,15,20H2,1-6H3,(H,33,36)(H,34,38)(H,35,37)(H,39,40)/t25-,26+,27-/m1/s1. The van der Waals surface area contributed by atoms with Crippen LogP contribution >= 0.6 is 0 Å². The number of aliphatic carboxylic acids is 1. The van der Waals surface area contributed by atoms with E-state index < -0.39 is 29.3 Å². The van der Waals surface area contributed by atoms with E-state index in [1.165, 1.54) is 7.05 Å². The van der Waals surface area contributed by atoms with E-state index in [1.807, 2.05) is 64.1 Å². The quantitative estimate of drug-likeness (QED) is 0.268. The van der Waals surface area contributed by atoms with Gasteiger partial charge in [-0.3, -0.25) is 19.2 Å². The Hall–Kier alpha value is -3.68. The SMILES string of the molecule is CCCC[C@@H](C[C@@H](CCc1ccc(-c2ccc(C(=O)NC)cc2)cc1)C(=O)N[C@H](C(=O)NC)C(C)(C)C)C(=O)O. The minimum absolute atomic E-state index is 0.135. The third-order valence-corrected chi connectivity index (χ3v) is 7.30. The monoisotopic (exact) mass is 551 g/mol. The van der Waals surface area contributed by atoms with Crippen LogP contribution in [0.25, 0.3) is 11.1 Å². The number of amides is 3. The molecule has 2 aromatic rings. The van der Waals surface area contributed by atoms with E-state index in [9.17, 15) is 24.3 Å². The topological polar surface area (TPSA) is 125 Å². The lowest BCUT2D eigenvalue weighted by Crippen LogP contribution is -2.54. The molecular formula is C32H45N3O5. The van der Waals surface area contributed by atoms with E-state index in [4.69, 9.17) is 0 Å². The first-order valence-corrected chi connectivity index (χ1v) is 14.1. The van der Waals surface area contributed by atoms with Crippen molar-refractivity contribution in [3.63, 3.8) is 0 Å². The summed E-state index contributed by atoms with van der Waals surface area (Å²) in [6, 6.07) is 14.7. The molecule has 8 heteroatoms. The highest BCUT2D eigenvalue weighted by atomic mass is 16.4. The molecule has 0 aromatic heterocycles. The predicted molar refractivity (Wildman–Crippen MR) is 158 cm³/mol. The van der Waals surface area contributed by atoms with Crippen molar-refractivity contribution in [1.29, 1.82) is 0 Å². The highest BCUT2D eigenvalue weighted by molar-refractivity contribution is 5.94. The van der Waals surface area contributed by atoms with E-state index in [1.54, 1.807) is 19.2 Å². The van der Waals surface area contributed by atoms with Crippen LogP contribution in [0.15, 0.2) is 48.5 Å². The summed E-state index contributed by atoms with van der Waals surface area (Å²) in [5, 5.41) is 18.0. The largest absolute Gasteiger partial charge is 0.481 e. The maximum Gasteiger partial charge on any atom is 0.306 e. The van der Waals surface area contributed by atoms with Gasteiger partial charge in [0.1, 0.15) is 6.04 Å². The highest BCUT2D eigenvalue weighted by Gasteiger charge is 2.35. The van der Waals surface area contributed by atoms with E-state index >= 15 is 0 Å². The number of unbranched alkanes of at least 4 members (excludes halogenated alkanes) is 1. The summed E-state index contributed by atoms with van der Waals surface area (Å²) in [4.78, 5) is 49.8. The van der Waals surface area contributed by atoms with Gasteiger partial charge < -0.3 is 21.1 Å². The summed E-state index contributed by atoms with van der Waals surface area (Å²) in [7, 11) is 3.14. The van der Waals surface area contributed by atoms with Crippen LogP contribution in [-0.2, 0) is 20.8 Å². The number of benzene rings is 2. The first-order valence-electron chi connectivity index (χ1n) is 14.1. The van der Waals surface area contributed by atoms with E-state index in [0.717, 1.165) is 29.5 Å². The van der Waals surface area contributed by atoms with Crippen LogP contribution in [0.5, 0.6) is 0 Å². The van der Waals surface area contributed by atoms with Gasteiger partial charge in [0, 0.05) is 25.6 Å². The molecule has 0 fully saturated rings. The molecule has 0 bridgehead atoms. The second-order valence-electron chi connectivity index (χ2n) is 11.4. The number of likely N-dealkylation sites (N-methyl/N-ethyl adjacent to an activating group) is 1. The average molecular weight is 552 g/mol. The molecule has 2 aromatic carbocycles. The summed E-state index contributed by atoms with van der Waals surface area (Å²) in [5.41, 5.74) is 3.10. The fourth-order valence-electron chi connectivity index (χ4n) is 4.74. The third kappa shape index (κ3) is 9.50. The summed E-state index contributed by atoms with van der Waals surface area (Å²) in [5.74, 6) is -2.77. The Kier molecular flexibility index (Phi) is 12.4. The van der Waals surface area contributed by atoms with Gasteiger partial charge in [-0.2, -0.15) is 0 Å². The Morgan fingerprint density at radius 3 is 1.85 bits per heavy atom. The number of carboxylic acids is 1. The number of rotatable bonds is 14. The van der Waals surface area contributed by atoms with Gasteiger partial charge in [-0.15, -0.1) is 0 Å². The Labute approximate surface area is 238 Å². The average Bonchev–Trinajstić information content (AvgIpc) is 2.94. The van der Waals surface area contributed by atoms with Crippen LogP contribution in [0.4, 0.5) is 0 Å². The van der Waals surface area contributed by atoms with Gasteiger partial charge in [-0.05, 0) is 59.9 Å². The van der Waals surface area contributed by atoms with Gasteiger partial charge in [0.25, 0.3) is 5.91 Å². The fourth-order valence-corrected chi connectivity index (χ4v) is 4.74. The van der Waals surface area contributed by atoms with Crippen molar-refractivity contribution in [3.05, 3.63) is 59.7 Å². The molecule has 8 nitrogen and oxygen atoms in total. The summed E-state index contributed by atoms with van der Waals surface area (Å²) >= 11 is 0. The van der Waals surface area contributed by atoms with Crippen molar-refractivity contribution in [3.8, 4) is 11.1 Å². The molecular weight excluding hydrogens is 506 g/mol. The van der Waals surface area contributed by atoms with Gasteiger partial charge in [0.2, 0.25) is 11.8 Å². The first kappa shape index (κ1) is 32.5. The second kappa shape index (κ2) is 15.2. The molecule has 0 radical (unpaired) electrons. The Morgan fingerprint density at radius 2 is 1.38 bits per heavy atom. The lowest BCUT2D eigenvalue weighted by atomic mass is 9.83. The minimum Gasteiger partial charge on any atom is -0.481 e. The van der Waals surface area contributed by atoms with Crippen LogP contribution < -0.4 is 16.0 Å². The summed E-state index contributed by atoms with van der Waals surface area (Å²) < 4.78 is 0. The maximum atomic E-state index is 13.5. The Balaban J connectivity index is 2.21. The number of hydrogen-bond donors (Lipinski definition) is 4. The van der Waals surface area contributed by atoms with Crippen LogP contribution in [0.2, 0.25) is 0 Å². The Bertz CT molecular complexity index is 1140. The fraction of sp³-hybridized carbons (Fsp3) is 0.500. The number of nitrogens with one attached hydrogen (secondary N) is 3. The van der Waals surface area contributed by atoms with Gasteiger partial charge >= 0.3 is 5.97 Å². The van der Waals surface area contributed by atoms with Crippen molar-refractivity contribution in [2.75, 3.05) is 14.1 Å². The molecule has 0 aliphatic carbocycles. The molecule has 0 saturated heterocycles. The van der Waals surface area contributed by atoms with Gasteiger partial charge in [-0.25, -0.2) is 0 Å². The van der Waals surface area contributed by atoms with E-state index in [2.05, 4.69) is 16.0 Å². The van der Waals surface area contributed by atoms with E-state index in [-0.39, 0.29) is 24.1 Å². The molecule has 3 atom stereocenters. The molecule has 2 rings (SSSR count). The van der Waals surface area contributed by atoms with Gasteiger partial charge in [0.05, 0.1) is 5.92 Å². The molecule has 218 valence electrons. The van der Waals surface area contributed by atoms with Crippen LogP contribution in [0, 0.1) is 17.3 Å². The molecule has 40 heavy (non-hydrogen) atoms. The molecule has 0 aliphatic rings. The first-order chi connectivity index (χ1) is 18.9. The molecule has 0 saturated carbocycles. The second-order valence-corrected chi connectivity index (χ2v) is 11.4. The molecule has 0 spiro atoms. The van der Waals surface area contributed by atoms with Crippen molar-refractivity contribution < 1.29 is 24.3 Å². The van der Waals surface area contributed by atoms with Crippen molar-refractivity contribution in [2.45, 2.75) is 72.3 Å². The van der Waals surface area contributed by atoms with Crippen LogP contribution in [0.1, 0.15) is 75.7 Å². The number of carbonyl (C=O) groups excluding carboxylic acids is 3. The highest BCUT2D eigenvalue weighted by Crippen LogP contribution is 2.27. The summed E-state index contributed by atoms with van der Waals surface area (Å²) in [6.45, 7) is 7.67. The summed E-state index contributed by atoms with van der Waals surface area (Å²) in [6.07, 6.45) is 3.45. The number of carboxylic acid groups (broad SMARTS) is 1. The number of hydrogen-bond acceptors (Lipinski definition) is 4. The van der Waals surface area contributed by atoms with E-state index in [0.29, 0.717) is 24.8 Å². The zero-order valence-corrected chi connectivity index (χ0v) is 24.7. The normalized spacial score (nSPS) is 13.6. The Morgan fingerprint density at radius 1 is 0.800 bits per heavy atom. The predicted octanol–water partition coefficient (Wildman–Crippen LogP) is 4.82. The zero-order valence-electron chi connectivity index (χ0n) is 24.7. The van der Waals surface area contributed by atoms with Crippen LogP contribution in [-0.4, -0.2) is 48.9 Å². The third-order valence-electron chi connectivity index (χ3n) is 7.30. The molecule has 0 unspecified atom stereocenters. The maximum absolute atomic E-state index is 13.5. The molecule has 0 heterocycles. The lowest BCUT2D eigenvalue weighted by molar-refractivity contribution is -0.143. The van der Waals surface area contributed by atoms with Crippen molar-refractivity contribution >= 4 is 23.7 Å². The van der Waals surface area contributed by atoms with Gasteiger partial charge in [0.15, 0.2) is 0 Å². The van der Waals surface area contributed by atoms with Crippen molar-refractivity contribution in [1.82, 2.24) is 16.0 Å².